The van der Waals surface area contributed by atoms with Crippen molar-refractivity contribution in [1.29, 1.82) is 5.26 Å². The van der Waals surface area contributed by atoms with E-state index in [0.29, 0.717) is 5.69 Å². The molecule has 3 heteroatoms. The zero-order valence-electron chi connectivity index (χ0n) is 14.8. The molecule has 2 aromatic carbocycles. The third-order valence-corrected chi connectivity index (χ3v) is 4.72. The van der Waals surface area contributed by atoms with Crippen LogP contribution in [0.15, 0.2) is 36.4 Å². The zero-order valence-corrected chi connectivity index (χ0v) is 14.8. The van der Waals surface area contributed by atoms with Crippen LogP contribution in [0.4, 0.5) is 0 Å². The van der Waals surface area contributed by atoms with Crippen LogP contribution >= 0.6 is 0 Å². The first kappa shape index (κ1) is 16.0. The second-order valence-electron chi connectivity index (χ2n) is 6.41. The molecule has 0 atom stereocenters. The highest BCUT2D eigenvalue weighted by atomic mass is 15.3. The molecule has 0 fully saturated rings. The van der Waals surface area contributed by atoms with E-state index in [4.69, 9.17) is 0 Å². The average molecular weight is 315 g/mol. The average Bonchev–Trinajstić information content (AvgIpc) is 2.98. The van der Waals surface area contributed by atoms with Gasteiger partial charge < -0.3 is 0 Å². The largest absolute Gasteiger partial charge is 0.232 e. The van der Waals surface area contributed by atoms with Gasteiger partial charge in [0.1, 0.15) is 6.07 Å². The molecule has 0 amide bonds. The maximum atomic E-state index is 9.34. The predicted molar refractivity (Wildman–Crippen MR) is 97.4 cm³/mol. The summed E-state index contributed by atoms with van der Waals surface area (Å²) < 4.78 is 1.88. The first-order valence-electron chi connectivity index (χ1n) is 8.07. The minimum Gasteiger partial charge on any atom is -0.232 e. The molecule has 1 aromatic heterocycles. The fraction of sp³-hybridized carbons (Fsp3) is 0.238. The molecule has 0 radical (unpaired) electrons. The Bertz CT molecular complexity index is 928. The summed E-state index contributed by atoms with van der Waals surface area (Å²) in [7, 11) is 0. The van der Waals surface area contributed by atoms with Crippen molar-refractivity contribution < 1.29 is 0 Å². The molecule has 0 bridgehead atoms. The van der Waals surface area contributed by atoms with Crippen molar-refractivity contribution in [2.24, 2.45) is 0 Å². The summed E-state index contributed by atoms with van der Waals surface area (Å²) in [6.07, 6.45) is 0. The van der Waals surface area contributed by atoms with Crippen molar-refractivity contribution >= 4 is 0 Å². The summed E-state index contributed by atoms with van der Waals surface area (Å²) in [4.78, 5) is 0. The van der Waals surface area contributed by atoms with Crippen LogP contribution < -0.4 is 0 Å². The van der Waals surface area contributed by atoms with Crippen molar-refractivity contribution in [3.63, 3.8) is 0 Å². The Labute approximate surface area is 143 Å². The minimum atomic E-state index is 0.434. The van der Waals surface area contributed by atoms with Crippen LogP contribution in [0.1, 0.15) is 33.5 Å². The highest BCUT2D eigenvalue weighted by Crippen LogP contribution is 2.33. The molecule has 0 unspecified atom stereocenters. The Balaban J connectivity index is 2.32. The Kier molecular flexibility index (Phi) is 3.99. The third-order valence-electron chi connectivity index (χ3n) is 4.72. The zero-order chi connectivity index (χ0) is 17.4. The van der Waals surface area contributed by atoms with E-state index in [-0.39, 0.29) is 0 Å². The lowest BCUT2D eigenvalue weighted by atomic mass is 9.92. The van der Waals surface area contributed by atoms with Crippen molar-refractivity contribution in [2.45, 2.75) is 34.6 Å². The minimum absolute atomic E-state index is 0.434. The van der Waals surface area contributed by atoms with Gasteiger partial charge in [0.25, 0.3) is 0 Å². The van der Waals surface area contributed by atoms with Crippen LogP contribution in [-0.4, -0.2) is 9.78 Å². The van der Waals surface area contributed by atoms with Gasteiger partial charge in [-0.1, -0.05) is 23.8 Å². The van der Waals surface area contributed by atoms with Gasteiger partial charge >= 0.3 is 0 Å². The number of nitriles is 1. The molecule has 0 aliphatic carbocycles. The Morgan fingerprint density at radius 2 is 1.46 bits per heavy atom. The third kappa shape index (κ3) is 2.61. The standard InChI is InChI=1S/C21H21N3/c1-13-6-8-19(9-7-13)24-20(11-18(12-22)23-24)21-16(4)14(2)10-15(3)17(21)5/h6-11H,1-5H3. The number of aromatic nitrogens is 2. The van der Waals surface area contributed by atoms with Crippen molar-refractivity contribution in [1.82, 2.24) is 9.78 Å². The van der Waals surface area contributed by atoms with E-state index in [1.165, 1.54) is 33.4 Å². The van der Waals surface area contributed by atoms with Gasteiger partial charge in [-0.3, -0.25) is 0 Å². The molecule has 0 aliphatic heterocycles. The van der Waals surface area contributed by atoms with E-state index in [1.54, 1.807) is 0 Å². The molecular weight excluding hydrogens is 294 g/mol. The molecule has 3 aromatic rings. The summed E-state index contributed by atoms with van der Waals surface area (Å²) in [6.45, 7) is 10.6. The summed E-state index contributed by atoms with van der Waals surface area (Å²) in [5.41, 5.74) is 9.71. The maximum Gasteiger partial charge on any atom is 0.163 e. The van der Waals surface area contributed by atoms with Crippen LogP contribution in [0.2, 0.25) is 0 Å². The molecule has 0 N–H and O–H groups in total. The van der Waals surface area contributed by atoms with Gasteiger partial charge in [-0.05, 0) is 69.0 Å². The van der Waals surface area contributed by atoms with Crippen molar-refractivity contribution in [3.8, 4) is 23.0 Å². The van der Waals surface area contributed by atoms with Gasteiger partial charge in [0.05, 0.1) is 11.4 Å². The van der Waals surface area contributed by atoms with Gasteiger partial charge in [0.15, 0.2) is 5.69 Å². The van der Waals surface area contributed by atoms with Crippen LogP contribution in [0, 0.1) is 45.9 Å². The topological polar surface area (TPSA) is 41.6 Å². The summed E-state index contributed by atoms with van der Waals surface area (Å²) in [6, 6.07) is 14.5. The lowest BCUT2D eigenvalue weighted by Crippen LogP contribution is -2.03. The predicted octanol–water partition coefficient (Wildman–Crippen LogP) is 4.95. The molecule has 0 saturated carbocycles. The molecule has 0 saturated heterocycles. The van der Waals surface area contributed by atoms with Crippen LogP contribution in [0.5, 0.6) is 0 Å². The maximum absolute atomic E-state index is 9.34. The second-order valence-corrected chi connectivity index (χ2v) is 6.41. The number of rotatable bonds is 2. The Morgan fingerprint density at radius 3 is 2.00 bits per heavy atom. The summed E-state index contributed by atoms with van der Waals surface area (Å²) >= 11 is 0. The van der Waals surface area contributed by atoms with E-state index < -0.39 is 0 Å². The molecule has 3 rings (SSSR count). The smallest absolute Gasteiger partial charge is 0.163 e. The Hall–Kier alpha value is -2.86. The molecular formula is C21H21N3. The number of nitrogens with zero attached hydrogens (tertiary/aromatic N) is 3. The van der Waals surface area contributed by atoms with Gasteiger partial charge in [0.2, 0.25) is 0 Å². The number of hydrogen-bond acceptors (Lipinski definition) is 2. The molecule has 0 spiro atoms. The molecule has 3 nitrogen and oxygen atoms in total. The number of benzene rings is 2. The molecule has 24 heavy (non-hydrogen) atoms. The quantitative estimate of drug-likeness (QED) is 0.671. The monoisotopic (exact) mass is 315 g/mol. The van der Waals surface area contributed by atoms with Crippen molar-refractivity contribution in [3.05, 3.63) is 69.9 Å². The highest BCUT2D eigenvalue weighted by Gasteiger charge is 2.17. The summed E-state index contributed by atoms with van der Waals surface area (Å²) in [5, 5.41) is 13.8. The normalized spacial score (nSPS) is 10.7. The fourth-order valence-corrected chi connectivity index (χ4v) is 3.10. The van der Waals surface area contributed by atoms with Crippen molar-refractivity contribution in [2.75, 3.05) is 0 Å². The molecule has 0 aliphatic rings. The van der Waals surface area contributed by atoms with Crippen LogP contribution in [0.3, 0.4) is 0 Å². The van der Waals surface area contributed by atoms with E-state index in [1.807, 2.05) is 22.9 Å². The van der Waals surface area contributed by atoms with E-state index >= 15 is 0 Å². The van der Waals surface area contributed by atoms with E-state index in [0.717, 1.165) is 11.4 Å². The summed E-state index contributed by atoms with van der Waals surface area (Å²) in [5.74, 6) is 0. The lowest BCUT2D eigenvalue weighted by Gasteiger charge is -2.16. The number of aryl methyl sites for hydroxylation is 3. The van der Waals surface area contributed by atoms with Crippen LogP contribution in [-0.2, 0) is 0 Å². The van der Waals surface area contributed by atoms with E-state index in [9.17, 15) is 5.26 Å². The number of hydrogen-bond donors (Lipinski definition) is 0. The van der Waals surface area contributed by atoms with Gasteiger partial charge in [-0.25, -0.2) is 4.68 Å². The first-order chi connectivity index (χ1) is 11.4. The van der Waals surface area contributed by atoms with E-state index in [2.05, 4.69) is 64.0 Å². The van der Waals surface area contributed by atoms with Crippen LogP contribution in [0.25, 0.3) is 16.9 Å². The SMILES string of the molecule is Cc1ccc(-n2nc(C#N)cc2-c2c(C)c(C)cc(C)c2C)cc1. The Morgan fingerprint density at radius 1 is 0.875 bits per heavy atom. The van der Waals surface area contributed by atoms with Gasteiger partial charge in [-0.2, -0.15) is 10.4 Å². The highest BCUT2D eigenvalue weighted by molar-refractivity contribution is 5.73. The lowest BCUT2D eigenvalue weighted by molar-refractivity contribution is 0.877. The second kappa shape index (κ2) is 5.98. The fourth-order valence-electron chi connectivity index (χ4n) is 3.10. The molecule has 1 heterocycles. The first-order valence-corrected chi connectivity index (χ1v) is 8.07. The van der Waals surface area contributed by atoms with Gasteiger partial charge in [0, 0.05) is 11.6 Å². The van der Waals surface area contributed by atoms with Gasteiger partial charge in [-0.15, -0.1) is 0 Å². The molecule has 120 valence electrons.